The zero-order valence-corrected chi connectivity index (χ0v) is 12.1. The molecule has 18 heavy (non-hydrogen) atoms. The van der Waals surface area contributed by atoms with Crippen molar-refractivity contribution in [2.45, 2.75) is 32.6 Å². The van der Waals surface area contributed by atoms with Crippen molar-refractivity contribution in [3.63, 3.8) is 0 Å². The Bertz CT molecular complexity index is 394. The quantitative estimate of drug-likeness (QED) is 0.775. The first-order valence-corrected chi connectivity index (χ1v) is 6.69. The molecular weight excluding hydrogens is 250 g/mol. The van der Waals surface area contributed by atoms with Crippen molar-refractivity contribution >= 4 is 11.6 Å². The molecule has 0 spiro atoms. The molecule has 1 rings (SSSR count). The minimum absolute atomic E-state index is 0.696. The molecule has 0 radical (unpaired) electrons. The van der Waals surface area contributed by atoms with Crippen LogP contribution in [-0.4, -0.2) is 20.8 Å². The van der Waals surface area contributed by atoms with Gasteiger partial charge in [-0.25, -0.2) is 0 Å². The lowest BCUT2D eigenvalue weighted by molar-refractivity contribution is 0.351. The number of benzene rings is 1. The van der Waals surface area contributed by atoms with Crippen molar-refractivity contribution in [1.82, 2.24) is 0 Å². The fourth-order valence-electron chi connectivity index (χ4n) is 2.16. The molecule has 0 unspecified atom stereocenters. The summed E-state index contributed by atoms with van der Waals surface area (Å²) in [5, 5.41) is 0.751. The van der Waals surface area contributed by atoms with E-state index in [1.54, 1.807) is 14.2 Å². The van der Waals surface area contributed by atoms with Crippen LogP contribution in [0.5, 0.6) is 11.5 Å². The van der Waals surface area contributed by atoms with Gasteiger partial charge in [-0.1, -0.05) is 18.5 Å². The first-order valence-electron chi connectivity index (χ1n) is 6.31. The molecular formula is C14H22ClNO2. The van der Waals surface area contributed by atoms with Gasteiger partial charge in [0.2, 0.25) is 0 Å². The van der Waals surface area contributed by atoms with E-state index in [2.05, 4.69) is 6.92 Å². The molecule has 3 nitrogen and oxygen atoms in total. The Labute approximate surface area is 114 Å². The van der Waals surface area contributed by atoms with Crippen molar-refractivity contribution in [2.24, 2.45) is 5.73 Å². The molecule has 0 bridgehead atoms. The third-order valence-electron chi connectivity index (χ3n) is 3.07. The number of hydrogen-bond donors (Lipinski definition) is 1. The Kier molecular flexibility index (Phi) is 6.30. The monoisotopic (exact) mass is 271 g/mol. The van der Waals surface area contributed by atoms with Crippen LogP contribution in [0.25, 0.3) is 0 Å². The largest absolute Gasteiger partial charge is 0.493 e. The summed E-state index contributed by atoms with van der Waals surface area (Å²) in [6, 6.07) is 1.83. The van der Waals surface area contributed by atoms with Gasteiger partial charge in [0.25, 0.3) is 0 Å². The topological polar surface area (TPSA) is 44.5 Å². The summed E-state index contributed by atoms with van der Waals surface area (Å²) in [6.07, 6.45) is 3.85. The van der Waals surface area contributed by atoms with E-state index in [-0.39, 0.29) is 0 Å². The van der Waals surface area contributed by atoms with Crippen LogP contribution < -0.4 is 15.2 Å². The van der Waals surface area contributed by atoms with E-state index in [0.29, 0.717) is 12.3 Å². The van der Waals surface area contributed by atoms with Gasteiger partial charge in [0.05, 0.1) is 14.2 Å². The maximum absolute atomic E-state index is 6.33. The highest BCUT2D eigenvalue weighted by molar-refractivity contribution is 6.31. The number of ether oxygens (including phenoxy) is 2. The third kappa shape index (κ3) is 3.30. The number of unbranched alkanes of at least 4 members (excludes halogenated alkanes) is 1. The summed E-state index contributed by atoms with van der Waals surface area (Å²) >= 11 is 6.33. The zero-order chi connectivity index (χ0) is 13.5. The van der Waals surface area contributed by atoms with Gasteiger partial charge in [-0.2, -0.15) is 0 Å². The van der Waals surface area contributed by atoms with Crippen LogP contribution >= 0.6 is 11.6 Å². The van der Waals surface area contributed by atoms with E-state index in [4.69, 9.17) is 26.8 Å². The molecule has 0 aliphatic carbocycles. The molecule has 0 atom stereocenters. The van der Waals surface area contributed by atoms with Gasteiger partial charge in [0.15, 0.2) is 11.5 Å². The van der Waals surface area contributed by atoms with Crippen LogP contribution in [0.4, 0.5) is 0 Å². The van der Waals surface area contributed by atoms with E-state index >= 15 is 0 Å². The van der Waals surface area contributed by atoms with Crippen molar-refractivity contribution in [3.05, 3.63) is 22.2 Å². The SMILES string of the molecule is CCc1c(CCCCN)c(Cl)cc(OC)c1OC. The number of nitrogens with two attached hydrogens (primary N) is 1. The number of rotatable bonds is 7. The Morgan fingerprint density at radius 1 is 1.17 bits per heavy atom. The number of methoxy groups -OCH3 is 2. The standard InChI is InChI=1S/C14H22ClNO2/c1-4-10-11(7-5-6-8-16)12(15)9-13(17-2)14(10)18-3/h9H,4-8,16H2,1-3H3. The average molecular weight is 272 g/mol. The molecule has 0 heterocycles. The Morgan fingerprint density at radius 2 is 1.89 bits per heavy atom. The highest BCUT2D eigenvalue weighted by Crippen LogP contribution is 2.39. The number of hydrogen-bond acceptors (Lipinski definition) is 3. The van der Waals surface area contributed by atoms with Crippen LogP contribution in [0, 0.1) is 0 Å². The maximum Gasteiger partial charge on any atom is 0.164 e. The Balaban J connectivity index is 3.14. The van der Waals surface area contributed by atoms with Gasteiger partial charge in [-0.3, -0.25) is 0 Å². The van der Waals surface area contributed by atoms with E-state index < -0.39 is 0 Å². The van der Waals surface area contributed by atoms with Crippen molar-refractivity contribution in [3.8, 4) is 11.5 Å². The van der Waals surface area contributed by atoms with Crippen LogP contribution in [0.3, 0.4) is 0 Å². The molecule has 0 saturated carbocycles. The lowest BCUT2D eigenvalue weighted by Gasteiger charge is -2.17. The summed E-state index contributed by atoms with van der Waals surface area (Å²) in [5.41, 5.74) is 7.82. The summed E-state index contributed by atoms with van der Waals surface area (Å²) in [7, 11) is 3.29. The van der Waals surface area contributed by atoms with E-state index in [1.165, 1.54) is 0 Å². The van der Waals surface area contributed by atoms with Gasteiger partial charge in [-0.15, -0.1) is 0 Å². The molecule has 0 aliphatic heterocycles. The molecule has 0 saturated heterocycles. The maximum atomic E-state index is 6.33. The minimum atomic E-state index is 0.696. The van der Waals surface area contributed by atoms with E-state index in [1.807, 2.05) is 6.07 Å². The zero-order valence-electron chi connectivity index (χ0n) is 11.4. The molecule has 0 aliphatic rings. The minimum Gasteiger partial charge on any atom is -0.493 e. The predicted molar refractivity (Wildman–Crippen MR) is 75.9 cm³/mol. The molecule has 2 N–H and O–H groups in total. The van der Waals surface area contributed by atoms with Crippen LogP contribution in [0.15, 0.2) is 6.07 Å². The van der Waals surface area contributed by atoms with Gasteiger partial charge in [-0.05, 0) is 37.8 Å². The normalized spacial score (nSPS) is 10.5. The summed E-state index contributed by atoms with van der Waals surface area (Å²) in [5.74, 6) is 1.49. The number of halogens is 1. The first-order chi connectivity index (χ1) is 8.69. The molecule has 1 aromatic rings. The van der Waals surface area contributed by atoms with Crippen molar-refractivity contribution in [2.75, 3.05) is 20.8 Å². The molecule has 102 valence electrons. The van der Waals surface area contributed by atoms with E-state index in [9.17, 15) is 0 Å². The highest BCUT2D eigenvalue weighted by atomic mass is 35.5. The third-order valence-corrected chi connectivity index (χ3v) is 3.40. The average Bonchev–Trinajstić information content (AvgIpc) is 2.39. The van der Waals surface area contributed by atoms with Crippen molar-refractivity contribution in [1.29, 1.82) is 0 Å². The fourth-order valence-corrected chi connectivity index (χ4v) is 2.47. The Hall–Kier alpha value is -0.930. The summed E-state index contributed by atoms with van der Waals surface area (Å²) < 4.78 is 10.8. The van der Waals surface area contributed by atoms with Gasteiger partial charge >= 0.3 is 0 Å². The Morgan fingerprint density at radius 3 is 2.39 bits per heavy atom. The molecule has 0 fully saturated rings. The smallest absolute Gasteiger partial charge is 0.164 e. The van der Waals surface area contributed by atoms with Crippen LogP contribution in [-0.2, 0) is 12.8 Å². The second kappa shape index (κ2) is 7.49. The van der Waals surface area contributed by atoms with Gasteiger partial charge in [0.1, 0.15) is 0 Å². The van der Waals surface area contributed by atoms with Gasteiger partial charge < -0.3 is 15.2 Å². The summed E-state index contributed by atoms with van der Waals surface area (Å²) in [4.78, 5) is 0. The van der Waals surface area contributed by atoms with Gasteiger partial charge in [0, 0.05) is 16.7 Å². The second-order valence-corrected chi connectivity index (χ2v) is 4.56. The molecule has 0 amide bonds. The van der Waals surface area contributed by atoms with Crippen molar-refractivity contribution < 1.29 is 9.47 Å². The molecule has 1 aromatic carbocycles. The lowest BCUT2D eigenvalue weighted by Crippen LogP contribution is -2.03. The summed E-state index contributed by atoms with van der Waals surface area (Å²) in [6.45, 7) is 2.81. The predicted octanol–water partition coefficient (Wildman–Crippen LogP) is 3.20. The second-order valence-electron chi connectivity index (χ2n) is 4.15. The van der Waals surface area contributed by atoms with Crippen LogP contribution in [0.2, 0.25) is 5.02 Å². The molecule has 4 heteroatoms. The van der Waals surface area contributed by atoms with E-state index in [0.717, 1.165) is 47.6 Å². The first kappa shape index (κ1) is 15.1. The van der Waals surface area contributed by atoms with Crippen LogP contribution in [0.1, 0.15) is 30.9 Å². The fraction of sp³-hybridized carbons (Fsp3) is 0.571. The highest BCUT2D eigenvalue weighted by Gasteiger charge is 2.17. The molecule has 0 aromatic heterocycles. The lowest BCUT2D eigenvalue weighted by atomic mass is 9.98.